The van der Waals surface area contributed by atoms with Crippen LogP contribution in [0.25, 0.3) is 0 Å². The molecule has 1 saturated heterocycles. The van der Waals surface area contributed by atoms with Gasteiger partial charge in [0.1, 0.15) is 23.8 Å². The Morgan fingerprint density at radius 2 is 2.44 bits per heavy atom. The molecule has 2 aromatic rings. The van der Waals surface area contributed by atoms with Crippen molar-refractivity contribution in [3.63, 3.8) is 0 Å². The minimum Gasteiger partial charge on any atom is -0.491 e. The number of fused-ring (bicyclic) bond motifs is 2. The number of allylic oxidation sites excluding steroid dienone is 1. The lowest BCUT2D eigenvalue weighted by atomic mass is 10.1. The first-order chi connectivity index (χ1) is 16.9. The van der Waals surface area contributed by atoms with Gasteiger partial charge < -0.3 is 29.4 Å². The number of aliphatic hydroxyl groups is 1. The second-order valence-corrected chi connectivity index (χ2v) is 8.00. The first kappa shape index (κ1) is 18.7. The molecule has 172 valence electrons. The Labute approximate surface area is 190 Å². The zero-order valence-corrected chi connectivity index (χ0v) is 17.9. The Morgan fingerprint density at radius 1 is 1.53 bits per heavy atom. The molecule has 0 amide bonds. The first-order valence-corrected chi connectivity index (χ1v) is 10.6. The Morgan fingerprint density at radius 3 is 3.25 bits per heavy atom. The largest absolute Gasteiger partial charge is 0.491 e. The number of anilines is 2. The van der Waals surface area contributed by atoms with Crippen LogP contribution in [-0.2, 0) is 9.47 Å². The van der Waals surface area contributed by atoms with Gasteiger partial charge in [-0.15, -0.1) is 6.58 Å². The van der Waals surface area contributed by atoms with Gasteiger partial charge in [0.25, 0.3) is 0 Å². The molecule has 2 aliphatic rings. The number of nitrogens with zero attached hydrogens (tertiary/aromatic N) is 2. The fourth-order valence-electron chi connectivity index (χ4n) is 3.73. The summed E-state index contributed by atoms with van der Waals surface area (Å²) in [5.41, 5.74) is 1.17. The summed E-state index contributed by atoms with van der Waals surface area (Å²) < 4.78 is 45.6. The predicted molar refractivity (Wildman–Crippen MR) is 119 cm³/mol. The van der Waals surface area contributed by atoms with Crippen molar-refractivity contribution in [2.75, 3.05) is 25.6 Å². The van der Waals surface area contributed by atoms with E-state index in [4.69, 9.17) is 28.2 Å². The second-order valence-electron chi connectivity index (χ2n) is 8.00. The van der Waals surface area contributed by atoms with Crippen LogP contribution >= 0.6 is 0 Å². The van der Waals surface area contributed by atoms with Crippen LogP contribution in [0.1, 0.15) is 41.6 Å². The normalized spacial score (nSPS) is 23.5. The van der Waals surface area contributed by atoms with Crippen molar-refractivity contribution in [1.82, 2.24) is 9.55 Å². The number of aliphatic hydroxyl groups excluding tert-OH is 1. The van der Waals surface area contributed by atoms with Gasteiger partial charge in [0.05, 0.1) is 28.3 Å². The minimum atomic E-state index is -1.48. The van der Waals surface area contributed by atoms with Crippen molar-refractivity contribution < 1.29 is 26.8 Å². The van der Waals surface area contributed by atoms with Gasteiger partial charge in [-0.05, 0) is 38.3 Å². The summed E-state index contributed by atoms with van der Waals surface area (Å²) in [4.78, 5) is 16.9. The molecule has 4 rings (SSSR count). The summed E-state index contributed by atoms with van der Waals surface area (Å²) in [5.74, 6) is 1.73. The van der Waals surface area contributed by atoms with Crippen molar-refractivity contribution >= 4 is 11.5 Å². The van der Waals surface area contributed by atoms with Crippen molar-refractivity contribution in [3.05, 3.63) is 47.0 Å². The molecule has 9 nitrogen and oxygen atoms in total. The zero-order valence-electron chi connectivity index (χ0n) is 20.9. The smallest absolute Gasteiger partial charge is 0.351 e. The number of rotatable bonds is 10. The number of ether oxygens (including phenoxy) is 4. The van der Waals surface area contributed by atoms with Crippen LogP contribution in [0, 0.1) is 0 Å². The molecule has 0 spiro atoms. The Bertz CT molecular complexity index is 1110. The molecule has 1 fully saturated rings. The van der Waals surface area contributed by atoms with Crippen molar-refractivity contribution in [2.24, 2.45) is 0 Å². The fourth-order valence-corrected chi connectivity index (χ4v) is 3.73. The lowest BCUT2D eigenvalue weighted by Gasteiger charge is -2.24. The summed E-state index contributed by atoms with van der Waals surface area (Å²) in [6.45, 7) is 6.35. The summed E-state index contributed by atoms with van der Waals surface area (Å²) in [7, 11) is -1.48. The van der Waals surface area contributed by atoms with Gasteiger partial charge in [-0.1, -0.05) is 11.6 Å². The Hall–Kier alpha value is -2.88. The van der Waals surface area contributed by atoms with Crippen molar-refractivity contribution in [1.29, 1.82) is 1.43 Å². The van der Waals surface area contributed by atoms with Gasteiger partial charge >= 0.3 is 5.69 Å². The van der Waals surface area contributed by atoms with Gasteiger partial charge in [-0.3, -0.25) is 4.57 Å². The number of hydrogen-bond acceptors (Lipinski definition) is 8. The Balaban J connectivity index is 1.47. The fraction of sp³-hybridized carbons (Fsp3) is 0.478. The molecule has 9 heteroatoms. The van der Waals surface area contributed by atoms with E-state index < -0.39 is 31.2 Å². The highest BCUT2D eigenvalue weighted by molar-refractivity contribution is 5.77. The maximum atomic E-state index is 12.8. The average Bonchev–Trinajstić information content (AvgIpc) is 3.24. The third-order valence-corrected chi connectivity index (χ3v) is 5.38. The van der Waals surface area contributed by atoms with Crippen LogP contribution in [0.15, 0.2) is 41.3 Å². The number of hydrogen-bond donors (Lipinski definition) is 2. The molecule has 2 N–H and O–H groups in total. The molecule has 1 aromatic heterocycles. The lowest BCUT2D eigenvalue weighted by Crippen LogP contribution is -2.29. The van der Waals surface area contributed by atoms with E-state index in [9.17, 15) is 4.79 Å². The average molecular weight is 449 g/mol. The molecule has 32 heavy (non-hydrogen) atoms. The van der Waals surface area contributed by atoms with Crippen LogP contribution in [0.2, 0.25) is 0 Å². The van der Waals surface area contributed by atoms with Crippen LogP contribution < -0.4 is 20.5 Å². The summed E-state index contributed by atoms with van der Waals surface area (Å²) in [6.07, 6.45) is 2.39. The summed E-state index contributed by atoms with van der Waals surface area (Å²) in [5, 5.41) is 7.85. The third kappa shape index (κ3) is 4.79. The Kier molecular flexibility index (Phi) is 5.67. The molecule has 1 unspecified atom stereocenters. The standard InChI is InChI=1S/C23H29N3O6/c1-14(2)7-4-5-10-30-16-8-6-9-17-21(16)24-22-18(31-17)12-26(23(28)25-22)20-11-15(27)19(32-20)13-29-3/h6,8-9,12,15,19-20,27H,1,4-5,7,10-11,13H2,2-3H3,(H,24,25,28)/t15-,19-,20-/m1/s1/i3TD,27T/t3?,15-,19-,20-. The summed E-state index contributed by atoms with van der Waals surface area (Å²) >= 11 is 0. The minimum absolute atomic E-state index is 0.105. The highest BCUT2D eigenvalue weighted by Crippen LogP contribution is 2.45. The van der Waals surface area contributed by atoms with Crippen LogP contribution in [0.4, 0.5) is 11.5 Å². The SMILES string of the molecule is [2H]C([3H])OC[C@H]1O[C@@H](n2cc3c(nc2=O)Nc2c(OCCCCC(=C)C)cccc2O3)C[C@H]1O[3H]. The van der Waals surface area contributed by atoms with Crippen LogP contribution in [0.5, 0.6) is 17.2 Å². The monoisotopic (exact) mass is 448 g/mol. The summed E-state index contributed by atoms with van der Waals surface area (Å²) in [6, 6.07) is 5.44. The molecule has 0 radical (unpaired) electrons. The van der Waals surface area contributed by atoms with E-state index in [1.54, 1.807) is 6.07 Å². The maximum Gasteiger partial charge on any atom is 0.351 e. The molecular weight excluding hydrogens is 414 g/mol. The molecule has 1 aromatic carbocycles. The molecule has 4 atom stereocenters. The van der Waals surface area contributed by atoms with Gasteiger partial charge in [0, 0.05) is 13.5 Å². The van der Waals surface area contributed by atoms with Crippen molar-refractivity contribution in [3.8, 4) is 17.2 Å². The number of unbranched alkanes of at least 4 members (excludes halogenated alkanes) is 1. The van der Waals surface area contributed by atoms with E-state index in [1.165, 1.54) is 10.8 Å². The van der Waals surface area contributed by atoms with E-state index in [1.807, 2.05) is 19.1 Å². The molecular formula is C23H29N3O6. The number of methoxy groups -OCH3 is 1. The van der Waals surface area contributed by atoms with E-state index in [2.05, 4.69) is 16.9 Å². The highest BCUT2D eigenvalue weighted by atomic mass is 16.6. The first-order valence-electron chi connectivity index (χ1n) is 12.1. The van der Waals surface area contributed by atoms with E-state index in [-0.39, 0.29) is 18.8 Å². The number of para-hydroxylation sites is 1. The van der Waals surface area contributed by atoms with Crippen molar-refractivity contribution in [2.45, 2.75) is 51.0 Å². The van der Waals surface area contributed by atoms with E-state index in [0.29, 0.717) is 29.5 Å². The molecule has 0 bridgehead atoms. The van der Waals surface area contributed by atoms with E-state index in [0.717, 1.165) is 24.8 Å². The van der Waals surface area contributed by atoms with Gasteiger partial charge in [-0.25, -0.2) is 4.79 Å². The van der Waals surface area contributed by atoms with Crippen LogP contribution in [0.3, 0.4) is 0 Å². The molecule has 0 saturated carbocycles. The predicted octanol–water partition coefficient (Wildman–Crippen LogP) is 3.51. The lowest BCUT2D eigenvalue weighted by molar-refractivity contribution is -0.0547. The topological polar surface area (TPSA) is 104 Å². The zero-order chi connectivity index (χ0) is 24.9. The molecule has 0 aliphatic carbocycles. The number of aromatic nitrogens is 2. The van der Waals surface area contributed by atoms with E-state index >= 15 is 0 Å². The molecule has 3 heterocycles. The third-order valence-electron chi connectivity index (χ3n) is 5.38. The number of nitrogens with one attached hydrogen (secondary N) is 1. The molecule has 2 aliphatic heterocycles. The number of benzene rings is 1. The van der Waals surface area contributed by atoms with Gasteiger partial charge in [0.2, 0.25) is 1.43 Å². The highest BCUT2D eigenvalue weighted by Gasteiger charge is 2.36. The van der Waals surface area contributed by atoms with Gasteiger partial charge in [-0.2, -0.15) is 4.98 Å². The maximum absolute atomic E-state index is 12.8. The second kappa shape index (κ2) is 9.72. The van der Waals surface area contributed by atoms with Crippen LogP contribution in [-0.4, -0.2) is 48.6 Å². The quantitative estimate of drug-likeness (QED) is 0.359. The van der Waals surface area contributed by atoms with Gasteiger partial charge in [0.15, 0.2) is 17.3 Å².